The van der Waals surface area contributed by atoms with Crippen LogP contribution in [0.4, 0.5) is 4.79 Å². The van der Waals surface area contributed by atoms with E-state index in [1.165, 1.54) is 14.2 Å². The molecule has 0 aliphatic heterocycles. The lowest BCUT2D eigenvalue weighted by Crippen LogP contribution is -2.50. The van der Waals surface area contributed by atoms with Crippen molar-refractivity contribution in [2.75, 3.05) is 14.2 Å². The second-order valence-corrected chi connectivity index (χ2v) is 5.09. The summed E-state index contributed by atoms with van der Waals surface area (Å²) >= 11 is 0. The third-order valence-electron chi connectivity index (χ3n) is 3.55. The highest BCUT2D eigenvalue weighted by atomic mass is 16.7. The zero-order valence-corrected chi connectivity index (χ0v) is 13.5. The molecule has 0 radical (unpaired) electrons. The van der Waals surface area contributed by atoms with Crippen LogP contribution in [-0.4, -0.2) is 37.3 Å². The largest absolute Gasteiger partial charge is 0.445 e. The number of nitrogens with zero attached hydrogens (tertiary/aromatic N) is 1. The van der Waals surface area contributed by atoms with Gasteiger partial charge in [0.05, 0.1) is 7.11 Å². The number of hydroxylamine groups is 2. The van der Waals surface area contributed by atoms with Crippen molar-refractivity contribution in [3.05, 3.63) is 35.9 Å². The number of likely N-dealkylation sites (N-methyl/N-ethyl adjacent to an activating group) is 1. The van der Waals surface area contributed by atoms with Gasteiger partial charge in [-0.15, -0.1) is 0 Å². The molecular weight excluding hydrogens is 284 g/mol. The first-order chi connectivity index (χ1) is 10.5. The molecule has 22 heavy (non-hydrogen) atoms. The van der Waals surface area contributed by atoms with E-state index in [0.29, 0.717) is 0 Å². The minimum absolute atomic E-state index is 0.0330. The van der Waals surface area contributed by atoms with Crippen molar-refractivity contribution in [3.8, 4) is 0 Å². The minimum atomic E-state index is -0.682. The molecule has 1 N–H and O–H groups in total. The van der Waals surface area contributed by atoms with Crippen molar-refractivity contribution < 1.29 is 19.2 Å². The Balaban J connectivity index is 2.61. The lowest BCUT2D eigenvalue weighted by Gasteiger charge is -2.26. The van der Waals surface area contributed by atoms with Crippen molar-refractivity contribution in [2.24, 2.45) is 5.92 Å². The fourth-order valence-corrected chi connectivity index (χ4v) is 1.86. The first kappa shape index (κ1) is 18.0. The van der Waals surface area contributed by atoms with Gasteiger partial charge in [0.15, 0.2) is 0 Å². The second kappa shape index (κ2) is 9.04. The molecule has 0 aromatic heterocycles. The molecule has 1 rings (SSSR count). The summed E-state index contributed by atoms with van der Waals surface area (Å²) in [6, 6.07) is 8.68. The number of rotatable bonds is 7. The van der Waals surface area contributed by atoms with E-state index in [-0.39, 0.29) is 18.4 Å². The molecule has 1 aromatic carbocycles. The molecule has 2 atom stereocenters. The molecule has 2 amide bonds. The van der Waals surface area contributed by atoms with Gasteiger partial charge < -0.3 is 10.1 Å². The van der Waals surface area contributed by atoms with E-state index in [1.807, 2.05) is 44.2 Å². The van der Waals surface area contributed by atoms with Gasteiger partial charge in [0.25, 0.3) is 5.91 Å². The number of ether oxygens (including phenoxy) is 1. The normalized spacial score (nSPS) is 13.1. The summed E-state index contributed by atoms with van der Waals surface area (Å²) in [5, 5.41) is 3.73. The summed E-state index contributed by atoms with van der Waals surface area (Å²) in [6.45, 7) is 4.01. The summed E-state index contributed by atoms with van der Waals surface area (Å²) in [6.07, 6.45) is 0.124. The molecule has 0 spiro atoms. The Kier molecular flexibility index (Phi) is 7.39. The number of hydrogen-bond acceptors (Lipinski definition) is 4. The average Bonchev–Trinajstić information content (AvgIpc) is 2.56. The molecular formula is C16H24N2O4. The highest BCUT2D eigenvalue weighted by Crippen LogP contribution is 2.11. The third-order valence-corrected chi connectivity index (χ3v) is 3.55. The van der Waals surface area contributed by atoms with Crippen molar-refractivity contribution in [1.82, 2.24) is 10.4 Å². The topological polar surface area (TPSA) is 67.9 Å². The number of hydrogen-bond donors (Lipinski definition) is 1. The Bertz CT molecular complexity index is 478. The van der Waals surface area contributed by atoms with Gasteiger partial charge in [0.2, 0.25) is 0 Å². The predicted molar refractivity (Wildman–Crippen MR) is 82.8 cm³/mol. The van der Waals surface area contributed by atoms with Crippen LogP contribution in [0, 0.1) is 5.92 Å². The first-order valence-corrected chi connectivity index (χ1v) is 7.28. The molecule has 0 aliphatic rings. The molecule has 0 aliphatic carbocycles. The van der Waals surface area contributed by atoms with Crippen molar-refractivity contribution in [3.63, 3.8) is 0 Å². The number of alkyl carbamates (subject to hydrolysis) is 1. The second-order valence-electron chi connectivity index (χ2n) is 5.09. The van der Waals surface area contributed by atoms with Crippen molar-refractivity contribution in [2.45, 2.75) is 32.9 Å². The standard InChI is InChI=1S/C16H24N2O4/c1-5-12(2)14(15(19)18(3)21-4)17-16(20)22-11-13-9-7-6-8-10-13/h6-10,12,14H,5,11H2,1-4H3,(H,17,20)/t12-,14-/m0/s1. The maximum absolute atomic E-state index is 12.2. The number of carbonyl (C=O) groups is 2. The van der Waals surface area contributed by atoms with E-state index >= 15 is 0 Å². The van der Waals surface area contributed by atoms with Crippen LogP contribution in [0.25, 0.3) is 0 Å². The average molecular weight is 308 g/mol. The van der Waals surface area contributed by atoms with Crippen LogP contribution in [-0.2, 0) is 21.0 Å². The number of benzene rings is 1. The van der Waals surface area contributed by atoms with E-state index in [9.17, 15) is 9.59 Å². The quantitative estimate of drug-likeness (QED) is 0.785. The predicted octanol–water partition coefficient (Wildman–Crippen LogP) is 2.35. The Hall–Kier alpha value is -2.08. The Morgan fingerprint density at radius 1 is 1.27 bits per heavy atom. The fraction of sp³-hybridized carbons (Fsp3) is 0.500. The number of nitrogens with one attached hydrogen (secondary N) is 1. The van der Waals surface area contributed by atoms with Crippen molar-refractivity contribution in [1.29, 1.82) is 0 Å². The Morgan fingerprint density at radius 3 is 2.45 bits per heavy atom. The van der Waals surface area contributed by atoms with Gasteiger partial charge in [-0.05, 0) is 11.5 Å². The monoisotopic (exact) mass is 308 g/mol. The molecule has 0 saturated heterocycles. The van der Waals surface area contributed by atoms with Crippen LogP contribution in [0.1, 0.15) is 25.8 Å². The molecule has 0 heterocycles. The molecule has 0 fully saturated rings. The molecule has 122 valence electrons. The zero-order valence-electron chi connectivity index (χ0n) is 13.5. The highest BCUT2D eigenvalue weighted by Gasteiger charge is 2.29. The Morgan fingerprint density at radius 2 is 1.91 bits per heavy atom. The summed E-state index contributed by atoms with van der Waals surface area (Å²) in [4.78, 5) is 29.0. The van der Waals surface area contributed by atoms with Crippen LogP contribution in [0.3, 0.4) is 0 Å². The van der Waals surface area contributed by atoms with E-state index in [0.717, 1.165) is 17.0 Å². The van der Waals surface area contributed by atoms with Crippen LogP contribution in [0.2, 0.25) is 0 Å². The van der Waals surface area contributed by atoms with E-state index in [2.05, 4.69) is 5.32 Å². The van der Waals surface area contributed by atoms with Crippen LogP contribution in [0.15, 0.2) is 30.3 Å². The van der Waals surface area contributed by atoms with Gasteiger partial charge in [-0.1, -0.05) is 50.6 Å². The van der Waals surface area contributed by atoms with E-state index in [1.54, 1.807) is 0 Å². The van der Waals surface area contributed by atoms with Gasteiger partial charge in [0, 0.05) is 7.05 Å². The smallest absolute Gasteiger partial charge is 0.408 e. The highest BCUT2D eigenvalue weighted by molar-refractivity contribution is 5.85. The molecule has 1 aromatic rings. The lowest BCUT2D eigenvalue weighted by molar-refractivity contribution is -0.172. The van der Waals surface area contributed by atoms with Crippen LogP contribution in [0.5, 0.6) is 0 Å². The van der Waals surface area contributed by atoms with Crippen LogP contribution < -0.4 is 5.32 Å². The maximum Gasteiger partial charge on any atom is 0.408 e. The van der Waals surface area contributed by atoms with Gasteiger partial charge >= 0.3 is 6.09 Å². The Labute approximate surface area is 131 Å². The van der Waals surface area contributed by atoms with Crippen molar-refractivity contribution >= 4 is 12.0 Å². The van der Waals surface area contributed by atoms with E-state index < -0.39 is 12.1 Å². The SMILES string of the molecule is CC[C@H](C)[C@H](NC(=O)OCc1ccccc1)C(=O)N(C)OC. The number of carbonyl (C=O) groups excluding carboxylic acids is 2. The zero-order chi connectivity index (χ0) is 16.5. The minimum Gasteiger partial charge on any atom is -0.445 e. The summed E-state index contributed by atoms with van der Waals surface area (Å²) < 4.78 is 5.16. The number of amides is 2. The van der Waals surface area contributed by atoms with E-state index in [4.69, 9.17) is 9.57 Å². The van der Waals surface area contributed by atoms with Crippen LogP contribution >= 0.6 is 0 Å². The molecule has 0 saturated carbocycles. The summed E-state index contributed by atoms with van der Waals surface area (Å²) in [5.41, 5.74) is 0.887. The lowest BCUT2D eigenvalue weighted by atomic mass is 9.98. The molecule has 0 bridgehead atoms. The van der Waals surface area contributed by atoms with Gasteiger partial charge in [-0.3, -0.25) is 9.63 Å². The molecule has 0 unspecified atom stereocenters. The van der Waals surface area contributed by atoms with Gasteiger partial charge in [-0.25, -0.2) is 9.86 Å². The third kappa shape index (κ3) is 5.37. The van der Waals surface area contributed by atoms with Gasteiger partial charge in [0.1, 0.15) is 12.6 Å². The molecule has 6 heteroatoms. The maximum atomic E-state index is 12.2. The summed E-state index contributed by atoms with van der Waals surface area (Å²) in [7, 11) is 2.91. The van der Waals surface area contributed by atoms with Gasteiger partial charge in [-0.2, -0.15) is 0 Å². The first-order valence-electron chi connectivity index (χ1n) is 7.28. The fourth-order valence-electron chi connectivity index (χ4n) is 1.86. The molecule has 6 nitrogen and oxygen atoms in total. The summed E-state index contributed by atoms with van der Waals surface area (Å²) in [5.74, 6) is -0.345.